The van der Waals surface area contributed by atoms with Gasteiger partial charge in [0.15, 0.2) is 0 Å². The average Bonchev–Trinajstić information content (AvgIpc) is 2.55. The van der Waals surface area contributed by atoms with E-state index in [0.29, 0.717) is 12.0 Å². The van der Waals surface area contributed by atoms with Gasteiger partial charge in [-0.15, -0.1) is 0 Å². The molecule has 3 heteroatoms. The van der Waals surface area contributed by atoms with Crippen LogP contribution in [-0.4, -0.2) is 18.9 Å². The molecule has 0 N–H and O–H groups in total. The third-order valence-electron chi connectivity index (χ3n) is 3.69. The minimum Gasteiger partial charge on any atom is -0.465 e. The van der Waals surface area contributed by atoms with Gasteiger partial charge in [0.25, 0.3) is 0 Å². The van der Waals surface area contributed by atoms with Gasteiger partial charge in [-0.05, 0) is 29.7 Å². The third-order valence-corrected chi connectivity index (χ3v) is 3.69. The molecule has 0 aliphatic heterocycles. The van der Waals surface area contributed by atoms with E-state index in [1.807, 2.05) is 37.3 Å². The highest BCUT2D eigenvalue weighted by atomic mass is 16.5. The minimum absolute atomic E-state index is 0.0253. The molecule has 0 aromatic heterocycles. The molecule has 22 heavy (non-hydrogen) atoms. The van der Waals surface area contributed by atoms with Crippen LogP contribution in [0.3, 0.4) is 0 Å². The van der Waals surface area contributed by atoms with E-state index in [1.54, 1.807) is 24.3 Å². The monoisotopic (exact) mass is 296 g/mol. The second-order valence-electron chi connectivity index (χ2n) is 5.42. The molecule has 2 aromatic carbocycles. The minimum atomic E-state index is -0.365. The second-order valence-corrected chi connectivity index (χ2v) is 5.42. The van der Waals surface area contributed by atoms with Gasteiger partial charge in [0, 0.05) is 12.3 Å². The molecule has 114 valence electrons. The van der Waals surface area contributed by atoms with E-state index in [9.17, 15) is 9.59 Å². The first kappa shape index (κ1) is 16.0. The van der Waals surface area contributed by atoms with Crippen LogP contribution in [0.25, 0.3) is 0 Å². The molecule has 1 atom stereocenters. The number of hydrogen-bond donors (Lipinski definition) is 0. The van der Waals surface area contributed by atoms with Crippen LogP contribution in [0.5, 0.6) is 0 Å². The highest BCUT2D eigenvalue weighted by molar-refractivity contribution is 5.89. The largest absolute Gasteiger partial charge is 0.465 e. The van der Waals surface area contributed by atoms with E-state index >= 15 is 0 Å². The summed E-state index contributed by atoms with van der Waals surface area (Å²) in [6.45, 7) is 1.96. The maximum absolute atomic E-state index is 12.3. The van der Waals surface area contributed by atoms with E-state index < -0.39 is 0 Å². The lowest BCUT2D eigenvalue weighted by atomic mass is 9.93. The number of ether oxygens (including phenoxy) is 1. The zero-order chi connectivity index (χ0) is 15.9. The summed E-state index contributed by atoms with van der Waals surface area (Å²) >= 11 is 0. The highest BCUT2D eigenvalue weighted by Gasteiger charge is 2.14. The molecule has 0 saturated carbocycles. The summed E-state index contributed by atoms with van der Waals surface area (Å²) < 4.78 is 4.66. The first-order valence-electron chi connectivity index (χ1n) is 7.34. The summed E-state index contributed by atoms with van der Waals surface area (Å²) in [7, 11) is 1.35. The molecule has 3 nitrogen and oxygen atoms in total. The maximum atomic E-state index is 12.3. The molecule has 0 radical (unpaired) electrons. The summed E-state index contributed by atoms with van der Waals surface area (Å²) in [6.07, 6.45) is 1.13. The quantitative estimate of drug-likeness (QED) is 0.767. The molecule has 0 heterocycles. The van der Waals surface area contributed by atoms with Crippen LogP contribution in [0.4, 0.5) is 0 Å². The molecule has 0 aliphatic carbocycles. The number of carbonyl (C=O) groups is 2. The number of carbonyl (C=O) groups excluding carboxylic acids is 2. The van der Waals surface area contributed by atoms with Crippen LogP contribution in [0.2, 0.25) is 0 Å². The molecule has 0 aliphatic rings. The molecule has 2 rings (SSSR count). The van der Waals surface area contributed by atoms with Crippen LogP contribution in [0.1, 0.15) is 28.4 Å². The van der Waals surface area contributed by atoms with Crippen molar-refractivity contribution < 1.29 is 14.3 Å². The zero-order valence-corrected chi connectivity index (χ0v) is 12.9. The topological polar surface area (TPSA) is 43.4 Å². The first-order valence-corrected chi connectivity index (χ1v) is 7.34. The van der Waals surface area contributed by atoms with Crippen LogP contribution in [-0.2, 0) is 22.4 Å². The van der Waals surface area contributed by atoms with Crippen LogP contribution in [0, 0.1) is 5.92 Å². The maximum Gasteiger partial charge on any atom is 0.337 e. The number of hydrogen-bond acceptors (Lipinski definition) is 3. The van der Waals surface area contributed by atoms with E-state index in [-0.39, 0.29) is 17.7 Å². The lowest BCUT2D eigenvalue weighted by Gasteiger charge is -2.11. The van der Waals surface area contributed by atoms with Gasteiger partial charge in [-0.2, -0.15) is 0 Å². The SMILES string of the molecule is COC(=O)c1ccc(CC(=O)[C@H](C)Cc2ccccc2)cc1. The molecule has 0 bridgehead atoms. The average molecular weight is 296 g/mol. The van der Waals surface area contributed by atoms with Gasteiger partial charge in [-0.25, -0.2) is 4.79 Å². The van der Waals surface area contributed by atoms with Crippen LogP contribution < -0.4 is 0 Å². The van der Waals surface area contributed by atoms with Gasteiger partial charge in [0.1, 0.15) is 5.78 Å². The molecule has 0 spiro atoms. The standard InChI is InChI=1S/C19H20O3/c1-14(12-15-6-4-3-5-7-15)18(20)13-16-8-10-17(11-9-16)19(21)22-2/h3-11,14H,12-13H2,1-2H3/t14-/m1/s1. The Morgan fingerprint density at radius 1 is 0.955 bits per heavy atom. The predicted molar refractivity (Wildman–Crippen MR) is 85.8 cm³/mol. The Kier molecular flexibility index (Phi) is 5.48. The fourth-order valence-electron chi connectivity index (χ4n) is 2.33. The van der Waals surface area contributed by atoms with Crippen molar-refractivity contribution in [1.82, 2.24) is 0 Å². The molecular formula is C19H20O3. The molecule has 0 fully saturated rings. The van der Waals surface area contributed by atoms with Gasteiger partial charge in [0.2, 0.25) is 0 Å². The number of rotatable bonds is 6. The number of Topliss-reactive ketones (excluding diaryl/α,β-unsaturated/α-hetero) is 1. The van der Waals surface area contributed by atoms with E-state index in [2.05, 4.69) is 4.74 Å². The number of benzene rings is 2. The lowest BCUT2D eigenvalue weighted by molar-refractivity contribution is -0.121. The Balaban J connectivity index is 1.95. The Hall–Kier alpha value is -2.42. The Morgan fingerprint density at radius 2 is 1.59 bits per heavy atom. The summed E-state index contributed by atoms with van der Waals surface area (Å²) in [5, 5.41) is 0. The van der Waals surface area contributed by atoms with Crippen molar-refractivity contribution in [2.24, 2.45) is 5.92 Å². The number of esters is 1. The van der Waals surface area contributed by atoms with Gasteiger partial charge >= 0.3 is 5.97 Å². The van der Waals surface area contributed by atoms with Crippen molar-refractivity contribution in [1.29, 1.82) is 0 Å². The molecule has 0 saturated heterocycles. The highest BCUT2D eigenvalue weighted by Crippen LogP contribution is 2.13. The van der Waals surface area contributed by atoms with E-state index in [0.717, 1.165) is 12.0 Å². The van der Waals surface area contributed by atoms with Gasteiger partial charge in [-0.3, -0.25) is 4.79 Å². The van der Waals surface area contributed by atoms with E-state index in [1.165, 1.54) is 12.7 Å². The van der Waals surface area contributed by atoms with Crippen LogP contribution >= 0.6 is 0 Å². The Bertz CT molecular complexity index is 629. The van der Waals surface area contributed by atoms with Gasteiger partial charge in [-0.1, -0.05) is 49.4 Å². The summed E-state index contributed by atoms with van der Waals surface area (Å²) in [5.74, 6) is -0.187. The summed E-state index contributed by atoms with van der Waals surface area (Å²) in [4.78, 5) is 23.7. The van der Waals surface area contributed by atoms with Gasteiger partial charge < -0.3 is 4.74 Å². The summed E-state index contributed by atoms with van der Waals surface area (Å²) in [6, 6.07) is 17.0. The van der Waals surface area contributed by atoms with Crippen molar-refractivity contribution >= 4 is 11.8 Å². The summed E-state index contributed by atoms with van der Waals surface area (Å²) in [5.41, 5.74) is 2.58. The molecule has 0 amide bonds. The fraction of sp³-hybridized carbons (Fsp3) is 0.263. The van der Waals surface area contributed by atoms with Crippen molar-refractivity contribution in [3.05, 3.63) is 71.3 Å². The second kappa shape index (κ2) is 7.55. The molecule has 0 unspecified atom stereocenters. The fourth-order valence-corrected chi connectivity index (χ4v) is 2.33. The lowest BCUT2D eigenvalue weighted by Crippen LogP contribution is -2.16. The third kappa shape index (κ3) is 4.29. The number of ketones is 1. The normalized spacial score (nSPS) is 11.7. The smallest absolute Gasteiger partial charge is 0.337 e. The van der Waals surface area contributed by atoms with Gasteiger partial charge in [0.05, 0.1) is 12.7 Å². The van der Waals surface area contributed by atoms with Crippen molar-refractivity contribution in [2.75, 3.05) is 7.11 Å². The Labute approximate surface area is 130 Å². The van der Waals surface area contributed by atoms with E-state index in [4.69, 9.17) is 0 Å². The zero-order valence-electron chi connectivity index (χ0n) is 12.9. The molecular weight excluding hydrogens is 276 g/mol. The van der Waals surface area contributed by atoms with Crippen molar-refractivity contribution in [3.8, 4) is 0 Å². The predicted octanol–water partition coefficient (Wildman–Crippen LogP) is 3.46. The number of methoxy groups -OCH3 is 1. The Morgan fingerprint density at radius 3 is 2.18 bits per heavy atom. The van der Waals surface area contributed by atoms with Crippen molar-refractivity contribution in [2.45, 2.75) is 19.8 Å². The molecule has 2 aromatic rings. The van der Waals surface area contributed by atoms with Crippen molar-refractivity contribution in [3.63, 3.8) is 0 Å². The van der Waals surface area contributed by atoms with Crippen LogP contribution in [0.15, 0.2) is 54.6 Å². The first-order chi connectivity index (χ1) is 10.6.